The van der Waals surface area contributed by atoms with Crippen molar-refractivity contribution in [3.63, 3.8) is 0 Å². The standard InChI is InChI=1S/C20H20F3N5O/c1-13-7-8-16(14(2)9-13)11-27(3)18(29)12-28-25-19(24-26-28)15-5-4-6-17(10-15)20(21,22)23/h4-10H,11-12H2,1-3H3. The number of benzene rings is 2. The maximum absolute atomic E-state index is 12.9. The van der Waals surface area contributed by atoms with Crippen LogP contribution >= 0.6 is 0 Å². The second-order valence-electron chi connectivity index (χ2n) is 6.90. The summed E-state index contributed by atoms with van der Waals surface area (Å²) in [5.41, 5.74) is 2.66. The SMILES string of the molecule is Cc1ccc(CN(C)C(=O)Cn2nnc(-c3cccc(C(F)(F)F)c3)n2)c(C)c1. The molecule has 0 saturated heterocycles. The zero-order valence-corrected chi connectivity index (χ0v) is 16.2. The van der Waals surface area contributed by atoms with Crippen LogP contribution in [0.4, 0.5) is 13.2 Å². The molecule has 2 aromatic carbocycles. The van der Waals surface area contributed by atoms with Gasteiger partial charge in [-0.3, -0.25) is 4.79 Å². The highest BCUT2D eigenvalue weighted by Crippen LogP contribution is 2.31. The van der Waals surface area contributed by atoms with Crippen LogP contribution < -0.4 is 0 Å². The summed E-state index contributed by atoms with van der Waals surface area (Å²) in [7, 11) is 1.67. The molecule has 0 aliphatic rings. The van der Waals surface area contributed by atoms with E-state index in [1.54, 1.807) is 11.9 Å². The van der Waals surface area contributed by atoms with Gasteiger partial charge >= 0.3 is 6.18 Å². The van der Waals surface area contributed by atoms with E-state index in [9.17, 15) is 18.0 Å². The highest BCUT2D eigenvalue weighted by molar-refractivity contribution is 5.75. The molecule has 0 aliphatic heterocycles. The third-order valence-corrected chi connectivity index (χ3v) is 4.51. The van der Waals surface area contributed by atoms with Crippen LogP contribution in [0.5, 0.6) is 0 Å². The van der Waals surface area contributed by atoms with Gasteiger partial charge in [0.15, 0.2) is 0 Å². The van der Waals surface area contributed by atoms with E-state index in [0.29, 0.717) is 6.54 Å². The van der Waals surface area contributed by atoms with Crippen LogP contribution in [0.1, 0.15) is 22.3 Å². The first-order valence-electron chi connectivity index (χ1n) is 8.89. The number of alkyl halides is 3. The third-order valence-electron chi connectivity index (χ3n) is 4.51. The van der Waals surface area contributed by atoms with E-state index >= 15 is 0 Å². The number of hydrogen-bond acceptors (Lipinski definition) is 4. The molecule has 6 nitrogen and oxygen atoms in total. The van der Waals surface area contributed by atoms with Crippen LogP contribution in [0, 0.1) is 13.8 Å². The Labute approximate surface area is 166 Å². The molecule has 0 fully saturated rings. The summed E-state index contributed by atoms with van der Waals surface area (Å²) in [5, 5.41) is 11.6. The molecule has 0 aliphatic carbocycles. The molecule has 0 N–H and O–H groups in total. The summed E-state index contributed by atoms with van der Waals surface area (Å²) in [6, 6.07) is 10.7. The molecule has 1 aromatic heterocycles. The molecule has 9 heteroatoms. The van der Waals surface area contributed by atoms with Crippen LogP contribution in [0.2, 0.25) is 0 Å². The van der Waals surface area contributed by atoms with E-state index in [1.807, 2.05) is 32.0 Å². The van der Waals surface area contributed by atoms with Gasteiger partial charge in [0.2, 0.25) is 11.7 Å². The van der Waals surface area contributed by atoms with Crippen molar-refractivity contribution in [2.45, 2.75) is 33.1 Å². The van der Waals surface area contributed by atoms with Crippen molar-refractivity contribution in [3.8, 4) is 11.4 Å². The third kappa shape index (κ3) is 4.98. The summed E-state index contributed by atoms with van der Waals surface area (Å²) >= 11 is 0. The van der Waals surface area contributed by atoms with Gasteiger partial charge in [-0.05, 0) is 42.3 Å². The summed E-state index contributed by atoms with van der Waals surface area (Å²) < 4.78 is 38.6. The summed E-state index contributed by atoms with van der Waals surface area (Å²) in [4.78, 5) is 15.1. The van der Waals surface area contributed by atoms with E-state index < -0.39 is 11.7 Å². The first-order valence-corrected chi connectivity index (χ1v) is 8.89. The Morgan fingerprint density at radius 3 is 2.59 bits per heavy atom. The molecule has 0 atom stereocenters. The molecule has 0 saturated carbocycles. The average molecular weight is 403 g/mol. The number of hydrogen-bond donors (Lipinski definition) is 0. The molecule has 3 aromatic rings. The van der Waals surface area contributed by atoms with Crippen LogP contribution in [-0.4, -0.2) is 38.1 Å². The van der Waals surface area contributed by atoms with E-state index in [1.165, 1.54) is 12.1 Å². The van der Waals surface area contributed by atoms with E-state index in [2.05, 4.69) is 15.4 Å². The highest BCUT2D eigenvalue weighted by Gasteiger charge is 2.30. The van der Waals surface area contributed by atoms with Crippen molar-refractivity contribution in [3.05, 3.63) is 64.7 Å². The molecule has 29 heavy (non-hydrogen) atoms. The second kappa shape index (κ2) is 8.02. The number of rotatable bonds is 5. The quantitative estimate of drug-likeness (QED) is 0.653. The minimum absolute atomic E-state index is 0.0286. The van der Waals surface area contributed by atoms with Gasteiger partial charge in [-0.25, -0.2) is 0 Å². The summed E-state index contributed by atoms with van der Waals surface area (Å²) in [6.45, 7) is 4.26. The number of halogens is 3. The molecule has 0 unspecified atom stereocenters. The first-order chi connectivity index (χ1) is 13.6. The average Bonchev–Trinajstić information content (AvgIpc) is 3.12. The van der Waals surface area contributed by atoms with Gasteiger partial charge in [0.25, 0.3) is 0 Å². The zero-order chi connectivity index (χ0) is 21.2. The molecule has 0 spiro atoms. The van der Waals surface area contributed by atoms with Gasteiger partial charge in [-0.2, -0.15) is 18.0 Å². The lowest BCUT2D eigenvalue weighted by Gasteiger charge is -2.18. The van der Waals surface area contributed by atoms with Gasteiger partial charge < -0.3 is 4.90 Å². The zero-order valence-electron chi connectivity index (χ0n) is 16.2. The Morgan fingerprint density at radius 1 is 1.14 bits per heavy atom. The fourth-order valence-electron chi connectivity index (χ4n) is 2.87. The second-order valence-corrected chi connectivity index (χ2v) is 6.90. The number of aryl methyl sites for hydroxylation is 2. The Balaban J connectivity index is 1.69. The predicted octanol–water partition coefficient (Wildman–Crippen LogP) is 3.63. The van der Waals surface area contributed by atoms with Gasteiger partial charge in [0, 0.05) is 19.2 Å². The number of aromatic nitrogens is 4. The molecule has 0 bridgehead atoms. The van der Waals surface area contributed by atoms with Crippen LogP contribution in [0.25, 0.3) is 11.4 Å². The molecule has 1 amide bonds. The van der Waals surface area contributed by atoms with E-state index in [-0.39, 0.29) is 23.8 Å². The van der Waals surface area contributed by atoms with Crippen LogP contribution in [-0.2, 0) is 24.1 Å². The molecular formula is C20H20F3N5O. The highest BCUT2D eigenvalue weighted by atomic mass is 19.4. The fourth-order valence-corrected chi connectivity index (χ4v) is 2.87. The van der Waals surface area contributed by atoms with Crippen LogP contribution in [0.15, 0.2) is 42.5 Å². The van der Waals surface area contributed by atoms with Crippen molar-refractivity contribution < 1.29 is 18.0 Å². The minimum Gasteiger partial charge on any atom is -0.340 e. The largest absolute Gasteiger partial charge is 0.416 e. The van der Waals surface area contributed by atoms with Crippen LogP contribution in [0.3, 0.4) is 0 Å². The summed E-state index contributed by atoms with van der Waals surface area (Å²) in [6.07, 6.45) is -4.46. The number of tetrazole rings is 1. The number of nitrogens with zero attached hydrogens (tertiary/aromatic N) is 5. The van der Waals surface area contributed by atoms with E-state index in [0.717, 1.165) is 33.6 Å². The fraction of sp³-hybridized carbons (Fsp3) is 0.300. The Bertz CT molecular complexity index is 1030. The number of carbonyl (C=O) groups is 1. The van der Waals surface area contributed by atoms with Crippen molar-refractivity contribution in [1.82, 2.24) is 25.1 Å². The van der Waals surface area contributed by atoms with Crippen molar-refractivity contribution in [2.75, 3.05) is 7.05 Å². The maximum Gasteiger partial charge on any atom is 0.416 e. The van der Waals surface area contributed by atoms with Gasteiger partial charge in [0.1, 0.15) is 6.54 Å². The lowest BCUT2D eigenvalue weighted by Crippen LogP contribution is -2.30. The molecular weight excluding hydrogens is 383 g/mol. The summed E-state index contributed by atoms with van der Waals surface area (Å²) in [5.74, 6) is -0.209. The molecule has 0 radical (unpaired) electrons. The Kier molecular flexibility index (Phi) is 5.67. The lowest BCUT2D eigenvalue weighted by molar-refractivity contribution is -0.137. The van der Waals surface area contributed by atoms with Gasteiger partial charge in [0.05, 0.1) is 5.56 Å². The number of likely N-dealkylation sites (N-methyl/N-ethyl adjacent to an activating group) is 1. The minimum atomic E-state index is -4.46. The van der Waals surface area contributed by atoms with E-state index in [4.69, 9.17) is 0 Å². The maximum atomic E-state index is 12.9. The van der Waals surface area contributed by atoms with Crippen molar-refractivity contribution in [1.29, 1.82) is 0 Å². The predicted molar refractivity (Wildman–Crippen MR) is 101 cm³/mol. The number of carbonyl (C=O) groups excluding carboxylic acids is 1. The lowest BCUT2D eigenvalue weighted by atomic mass is 10.1. The van der Waals surface area contributed by atoms with Gasteiger partial charge in [-0.1, -0.05) is 35.9 Å². The van der Waals surface area contributed by atoms with Crippen molar-refractivity contribution in [2.24, 2.45) is 0 Å². The Hall–Kier alpha value is -3.23. The Morgan fingerprint density at radius 2 is 1.90 bits per heavy atom. The monoisotopic (exact) mass is 403 g/mol. The normalized spacial score (nSPS) is 11.5. The first kappa shape index (κ1) is 20.5. The van der Waals surface area contributed by atoms with Crippen molar-refractivity contribution >= 4 is 5.91 Å². The topological polar surface area (TPSA) is 63.9 Å². The van der Waals surface area contributed by atoms with Gasteiger partial charge in [-0.15, -0.1) is 10.2 Å². The molecule has 3 rings (SSSR count). The smallest absolute Gasteiger partial charge is 0.340 e. The number of amides is 1. The molecule has 1 heterocycles. The molecule has 152 valence electrons.